The van der Waals surface area contributed by atoms with Gasteiger partial charge in [0.1, 0.15) is 5.82 Å². The molecule has 0 spiro atoms. The average molecular weight is 767 g/mol. The summed E-state index contributed by atoms with van der Waals surface area (Å²) in [5, 5.41) is 9.19. The van der Waals surface area contributed by atoms with Crippen molar-refractivity contribution in [3.05, 3.63) is 190 Å². The van der Waals surface area contributed by atoms with Crippen LogP contribution in [-0.2, 0) is 14.1 Å². The van der Waals surface area contributed by atoms with Gasteiger partial charge in [0.2, 0.25) is 0 Å². The van der Waals surface area contributed by atoms with Gasteiger partial charge in [-0.1, -0.05) is 98.8 Å². The Morgan fingerprint density at radius 3 is 1.55 bits per heavy atom. The van der Waals surface area contributed by atoms with E-state index in [1.807, 2.05) is 98.8 Å². The molecule has 58 heavy (non-hydrogen) atoms. The van der Waals surface area contributed by atoms with Crippen LogP contribution in [0.5, 0.6) is 0 Å². The molecule has 0 bridgehead atoms. The summed E-state index contributed by atoms with van der Waals surface area (Å²) in [7, 11) is 3.88. The number of imidazole rings is 2. The van der Waals surface area contributed by atoms with Crippen molar-refractivity contribution in [3.8, 4) is 11.4 Å². The highest BCUT2D eigenvalue weighted by molar-refractivity contribution is 5.69. The normalized spacial score (nSPS) is 12.6. The van der Waals surface area contributed by atoms with Crippen LogP contribution in [0.2, 0.25) is 0 Å². The second-order valence-electron chi connectivity index (χ2n) is 14.8. The van der Waals surface area contributed by atoms with Gasteiger partial charge in [0.25, 0.3) is 0 Å². The summed E-state index contributed by atoms with van der Waals surface area (Å²) in [5.41, 5.74) is 11.4. The number of hydrogen-bond acceptors (Lipinski definition) is 6. The SMILES string of the molecule is Cc1cn(-c2ccc(/C=C/c3nc(C(C)c4ccccc4)n(C)n3)cc2C)cn1.Cc1cn(-c2ccc(/C=C/c3nc(C(C)c4ccccc4)nn3C)cc2C)cn1. The molecule has 0 saturated heterocycles. The van der Waals surface area contributed by atoms with Crippen LogP contribution < -0.4 is 0 Å². The minimum atomic E-state index is 0.157. The lowest BCUT2D eigenvalue weighted by Gasteiger charge is -2.10. The van der Waals surface area contributed by atoms with Crippen molar-refractivity contribution in [2.75, 3.05) is 0 Å². The Kier molecular flexibility index (Phi) is 11.8. The standard InChI is InChI=1S/2C24H25N5/c1-17-14-20(10-12-22(17)29-15-18(2)25-16-29)11-13-23-26-24(27-28(23)4)19(3)21-8-6-5-7-9-21;1-17-14-20(10-12-22(17)29-15-18(2)25-16-29)11-13-23-26-24(28(4)27-23)19(3)21-8-6-5-7-9-21/h2*5-16,19H,1-4H3/b2*13-11+. The van der Waals surface area contributed by atoms with Crippen LogP contribution in [0.1, 0.15) is 93.7 Å². The maximum atomic E-state index is 4.74. The van der Waals surface area contributed by atoms with Crippen LogP contribution in [0, 0.1) is 27.7 Å². The zero-order valence-electron chi connectivity index (χ0n) is 34.5. The van der Waals surface area contributed by atoms with Crippen molar-refractivity contribution in [1.29, 1.82) is 0 Å². The van der Waals surface area contributed by atoms with Crippen LogP contribution in [0.4, 0.5) is 0 Å². The van der Waals surface area contributed by atoms with Crippen LogP contribution >= 0.6 is 0 Å². The molecule has 2 atom stereocenters. The van der Waals surface area contributed by atoms with Crippen molar-refractivity contribution < 1.29 is 0 Å². The highest BCUT2D eigenvalue weighted by atomic mass is 15.3. The number of rotatable bonds is 10. The Labute approximate surface area is 340 Å². The van der Waals surface area contributed by atoms with Crippen molar-refractivity contribution in [2.45, 2.75) is 53.4 Å². The fraction of sp³-hybridized carbons (Fsp3) is 0.208. The van der Waals surface area contributed by atoms with E-state index in [2.05, 4.69) is 142 Å². The molecule has 4 aromatic carbocycles. The van der Waals surface area contributed by atoms with E-state index >= 15 is 0 Å². The van der Waals surface area contributed by atoms with Gasteiger partial charge in [-0.25, -0.2) is 24.6 Å². The summed E-state index contributed by atoms with van der Waals surface area (Å²) in [6.45, 7) is 12.5. The molecule has 0 aliphatic carbocycles. The third kappa shape index (κ3) is 9.19. The number of aryl methyl sites for hydroxylation is 6. The Hall–Kier alpha value is -6.94. The number of benzene rings is 4. The first kappa shape index (κ1) is 39.3. The Morgan fingerprint density at radius 1 is 0.534 bits per heavy atom. The lowest BCUT2D eigenvalue weighted by Crippen LogP contribution is -2.05. The summed E-state index contributed by atoms with van der Waals surface area (Å²) in [6, 6.07) is 33.5. The summed E-state index contributed by atoms with van der Waals surface area (Å²) in [4.78, 5) is 18.1. The predicted octanol–water partition coefficient (Wildman–Crippen LogP) is 9.88. The molecule has 0 radical (unpaired) electrons. The van der Waals surface area contributed by atoms with Crippen LogP contribution in [0.3, 0.4) is 0 Å². The first-order valence-electron chi connectivity index (χ1n) is 19.5. The van der Waals surface area contributed by atoms with Crippen LogP contribution in [0.15, 0.2) is 122 Å². The maximum Gasteiger partial charge on any atom is 0.174 e. The lowest BCUT2D eigenvalue weighted by atomic mass is 10.0. The van der Waals surface area contributed by atoms with Gasteiger partial charge >= 0.3 is 0 Å². The van der Waals surface area contributed by atoms with E-state index in [4.69, 9.17) is 9.97 Å². The number of aromatic nitrogens is 10. The fourth-order valence-electron chi connectivity index (χ4n) is 6.98. The predicted molar refractivity (Wildman–Crippen MR) is 234 cm³/mol. The van der Waals surface area contributed by atoms with E-state index in [0.717, 1.165) is 57.2 Å². The molecule has 292 valence electrons. The van der Waals surface area contributed by atoms with Gasteiger partial charge in [-0.05, 0) is 97.5 Å². The first-order chi connectivity index (χ1) is 28.0. The fourth-order valence-corrected chi connectivity index (χ4v) is 6.98. The molecule has 0 fully saturated rings. The first-order valence-corrected chi connectivity index (χ1v) is 19.5. The molecular formula is C48H50N10. The van der Waals surface area contributed by atoms with Gasteiger partial charge in [0.05, 0.1) is 24.0 Å². The van der Waals surface area contributed by atoms with Crippen LogP contribution in [0.25, 0.3) is 35.7 Å². The molecule has 10 nitrogen and oxygen atoms in total. The molecule has 8 rings (SSSR count). The van der Waals surface area contributed by atoms with E-state index in [1.165, 1.54) is 22.3 Å². The third-order valence-corrected chi connectivity index (χ3v) is 10.3. The smallest absolute Gasteiger partial charge is 0.174 e. The van der Waals surface area contributed by atoms with Gasteiger partial charge in [-0.3, -0.25) is 4.68 Å². The zero-order chi connectivity index (χ0) is 40.8. The van der Waals surface area contributed by atoms with E-state index < -0.39 is 0 Å². The van der Waals surface area contributed by atoms with Crippen molar-refractivity contribution in [1.82, 2.24) is 48.6 Å². The molecule has 10 heteroatoms. The molecular weight excluding hydrogens is 717 g/mol. The third-order valence-electron chi connectivity index (χ3n) is 10.3. The zero-order valence-corrected chi connectivity index (χ0v) is 34.5. The number of hydrogen-bond donors (Lipinski definition) is 0. The van der Waals surface area contributed by atoms with E-state index in [9.17, 15) is 0 Å². The molecule has 8 aromatic rings. The molecule has 0 N–H and O–H groups in total. The highest BCUT2D eigenvalue weighted by Crippen LogP contribution is 2.24. The topological polar surface area (TPSA) is 97.1 Å². The van der Waals surface area contributed by atoms with E-state index in [-0.39, 0.29) is 11.8 Å². The largest absolute Gasteiger partial charge is 0.306 e. The summed E-state index contributed by atoms with van der Waals surface area (Å²) in [6.07, 6.45) is 15.9. The second-order valence-corrected chi connectivity index (χ2v) is 14.8. The van der Waals surface area contributed by atoms with Gasteiger partial charge in [0, 0.05) is 49.7 Å². The molecule has 2 unspecified atom stereocenters. The van der Waals surface area contributed by atoms with Gasteiger partial charge < -0.3 is 9.13 Å². The van der Waals surface area contributed by atoms with E-state index in [1.54, 1.807) is 0 Å². The minimum Gasteiger partial charge on any atom is -0.306 e. The highest BCUT2D eigenvalue weighted by Gasteiger charge is 2.16. The van der Waals surface area contributed by atoms with Gasteiger partial charge in [-0.2, -0.15) is 10.2 Å². The second kappa shape index (κ2) is 17.5. The van der Waals surface area contributed by atoms with E-state index in [0.29, 0.717) is 0 Å². The summed E-state index contributed by atoms with van der Waals surface area (Å²) < 4.78 is 7.81. The molecule has 4 heterocycles. The molecule has 4 aromatic heterocycles. The van der Waals surface area contributed by atoms with Gasteiger partial charge in [-0.15, -0.1) is 0 Å². The van der Waals surface area contributed by atoms with Crippen molar-refractivity contribution in [3.63, 3.8) is 0 Å². The Morgan fingerprint density at radius 2 is 1.05 bits per heavy atom. The van der Waals surface area contributed by atoms with Crippen molar-refractivity contribution in [2.24, 2.45) is 14.1 Å². The summed E-state index contributed by atoms with van der Waals surface area (Å²) >= 11 is 0. The minimum absolute atomic E-state index is 0.157. The average Bonchev–Trinajstić information content (AvgIpc) is 4.04. The number of nitrogens with zero attached hydrogens (tertiary/aromatic N) is 10. The Balaban J connectivity index is 0.000000177. The lowest BCUT2D eigenvalue weighted by molar-refractivity contribution is 0.672. The monoisotopic (exact) mass is 766 g/mol. The van der Waals surface area contributed by atoms with Crippen molar-refractivity contribution >= 4 is 24.3 Å². The molecule has 0 saturated carbocycles. The van der Waals surface area contributed by atoms with Crippen LogP contribution in [-0.4, -0.2) is 48.6 Å². The molecule has 0 aliphatic rings. The summed E-state index contributed by atoms with van der Waals surface area (Å²) in [5.74, 6) is 3.70. The van der Waals surface area contributed by atoms with Gasteiger partial charge in [0.15, 0.2) is 17.5 Å². The Bertz CT molecular complexity index is 2670. The quantitative estimate of drug-likeness (QED) is 0.138. The maximum absolute atomic E-state index is 4.74. The molecule has 0 aliphatic heterocycles. The molecule has 0 amide bonds.